The summed E-state index contributed by atoms with van der Waals surface area (Å²) in [6, 6.07) is 14.3. The molecule has 130 valence electrons. The van der Waals surface area contributed by atoms with Crippen molar-refractivity contribution in [1.29, 1.82) is 0 Å². The summed E-state index contributed by atoms with van der Waals surface area (Å²) in [5, 5.41) is 3.42. The number of hydrogen-bond acceptors (Lipinski definition) is 3. The van der Waals surface area contributed by atoms with Crippen molar-refractivity contribution in [3.05, 3.63) is 59.2 Å². The van der Waals surface area contributed by atoms with Crippen LogP contribution >= 0.6 is 0 Å². The number of anilines is 1. The van der Waals surface area contributed by atoms with Crippen LogP contribution in [0.5, 0.6) is 5.75 Å². The number of nitrogens with one attached hydrogen (secondary N) is 1. The van der Waals surface area contributed by atoms with Crippen LogP contribution in [-0.2, 0) is 6.42 Å². The molecule has 2 aliphatic rings. The second-order valence-electron chi connectivity index (χ2n) is 6.79. The number of fused-ring (bicyclic) bond motifs is 1. The van der Waals surface area contributed by atoms with Crippen LogP contribution in [0, 0.1) is 0 Å². The van der Waals surface area contributed by atoms with Gasteiger partial charge in [0.05, 0.1) is 13.2 Å². The fourth-order valence-electron chi connectivity index (χ4n) is 4.05. The summed E-state index contributed by atoms with van der Waals surface area (Å²) in [6.45, 7) is 1.81. The van der Waals surface area contributed by atoms with Crippen molar-refractivity contribution in [2.75, 3.05) is 25.5 Å². The SMILES string of the molecule is COc1ccc(C2CCCN2C(=O)c2cccc3c2CCCN3)cc1. The highest BCUT2D eigenvalue weighted by atomic mass is 16.5. The number of hydrogen-bond donors (Lipinski definition) is 1. The molecule has 1 saturated heterocycles. The molecule has 2 aromatic carbocycles. The first-order valence-corrected chi connectivity index (χ1v) is 9.08. The number of carbonyl (C=O) groups is 1. The zero-order chi connectivity index (χ0) is 17.2. The Labute approximate surface area is 148 Å². The molecule has 2 aliphatic heterocycles. The quantitative estimate of drug-likeness (QED) is 0.920. The minimum Gasteiger partial charge on any atom is -0.497 e. The van der Waals surface area contributed by atoms with Gasteiger partial charge in [0.25, 0.3) is 5.91 Å². The third-order valence-electron chi connectivity index (χ3n) is 5.34. The van der Waals surface area contributed by atoms with Crippen LogP contribution in [0.15, 0.2) is 42.5 Å². The highest BCUT2D eigenvalue weighted by Crippen LogP contribution is 2.35. The van der Waals surface area contributed by atoms with Gasteiger partial charge >= 0.3 is 0 Å². The van der Waals surface area contributed by atoms with E-state index in [1.807, 2.05) is 29.2 Å². The summed E-state index contributed by atoms with van der Waals surface area (Å²) in [6.07, 6.45) is 4.13. The molecule has 0 saturated carbocycles. The zero-order valence-corrected chi connectivity index (χ0v) is 14.6. The topological polar surface area (TPSA) is 41.6 Å². The molecule has 25 heavy (non-hydrogen) atoms. The van der Waals surface area contributed by atoms with Crippen LogP contribution in [0.3, 0.4) is 0 Å². The van der Waals surface area contributed by atoms with Gasteiger partial charge in [0.2, 0.25) is 0 Å². The molecule has 2 heterocycles. The van der Waals surface area contributed by atoms with Gasteiger partial charge in [-0.3, -0.25) is 4.79 Å². The van der Waals surface area contributed by atoms with Crippen molar-refractivity contribution in [3.8, 4) is 5.75 Å². The first-order chi connectivity index (χ1) is 12.3. The number of ether oxygens (including phenoxy) is 1. The average molecular weight is 336 g/mol. The summed E-state index contributed by atoms with van der Waals surface area (Å²) >= 11 is 0. The molecular formula is C21H24N2O2. The number of methoxy groups -OCH3 is 1. The summed E-state index contributed by atoms with van der Waals surface area (Å²) in [7, 11) is 1.67. The van der Waals surface area contributed by atoms with Gasteiger partial charge in [0.15, 0.2) is 0 Å². The molecule has 0 spiro atoms. The monoisotopic (exact) mass is 336 g/mol. The molecule has 1 fully saturated rings. The van der Waals surface area contributed by atoms with Gasteiger partial charge in [-0.05, 0) is 61.1 Å². The van der Waals surface area contributed by atoms with E-state index in [9.17, 15) is 4.79 Å². The molecule has 1 unspecified atom stereocenters. The Morgan fingerprint density at radius 3 is 2.80 bits per heavy atom. The van der Waals surface area contributed by atoms with E-state index in [1.165, 1.54) is 11.1 Å². The second-order valence-corrected chi connectivity index (χ2v) is 6.79. The summed E-state index contributed by atoms with van der Waals surface area (Å²) in [4.78, 5) is 15.3. The Morgan fingerprint density at radius 2 is 2.00 bits per heavy atom. The van der Waals surface area contributed by atoms with Crippen molar-refractivity contribution in [1.82, 2.24) is 4.90 Å². The van der Waals surface area contributed by atoms with Gasteiger partial charge in [-0.15, -0.1) is 0 Å². The van der Waals surface area contributed by atoms with Crippen LogP contribution in [0.4, 0.5) is 5.69 Å². The molecule has 1 amide bonds. The van der Waals surface area contributed by atoms with Crippen LogP contribution in [0.1, 0.15) is 46.8 Å². The van der Waals surface area contributed by atoms with Crippen molar-refractivity contribution in [2.45, 2.75) is 31.7 Å². The Balaban J connectivity index is 1.63. The predicted molar refractivity (Wildman–Crippen MR) is 99.3 cm³/mol. The minimum absolute atomic E-state index is 0.158. The fourth-order valence-corrected chi connectivity index (χ4v) is 4.05. The Morgan fingerprint density at radius 1 is 1.16 bits per heavy atom. The molecule has 0 bridgehead atoms. The van der Waals surface area contributed by atoms with Gasteiger partial charge in [-0.25, -0.2) is 0 Å². The maximum Gasteiger partial charge on any atom is 0.254 e. The lowest BCUT2D eigenvalue weighted by Crippen LogP contribution is -2.32. The van der Waals surface area contributed by atoms with Gasteiger partial charge in [-0.1, -0.05) is 18.2 Å². The minimum atomic E-state index is 0.158. The first-order valence-electron chi connectivity index (χ1n) is 9.08. The Bertz CT molecular complexity index is 770. The van der Waals surface area contributed by atoms with Gasteiger partial charge in [-0.2, -0.15) is 0 Å². The third-order valence-corrected chi connectivity index (χ3v) is 5.34. The van der Waals surface area contributed by atoms with Gasteiger partial charge < -0.3 is 15.0 Å². The average Bonchev–Trinajstić information content (AvgIpc) is 3.17. The Kier molecular flexibility index (Phi) is 4.35. The van der Waals surface area contributed by atoms with Crippen molar-refractivity contribution in [2.24, 2.45) is 0 Å². The van der Waals surface area contributed by atoms with E-state index < -0.39 is 0 Å². The molecule has 0 radical (unpaired) electrons. The molecule has 0 aliphatic carbocycles. The lowest BCUT2D eigenvalue weighted by atomic mass is 9.96. The number of rotatable bonds is 3. The molecule has 4 nitrogen and oxygen atoms in total. The maximum atomic E-state index is 13.3. The van der Waals surface area contributed by atoms with E-state index in [1.54, 1.807) is 7.11 Å². The van der Waals surface area contributed by atoms with Gasteiger partial charge in [0.1, 0.15) is 5.75 Å². The summed E-state index contributed by atoms with van der Waals surface area (Å²) in [5.41, 5.74) is 4.36. The second kappa shape index (κ2) is 6.79. The van der Waals surface area contributed by atoms with E-state index in [0.29, 0.717) is 0 Å². The largest absolute Gasteiger partial charge is 0.497 e. The maximum absolute atomic E-state index is 13.3. The smallest absolute Gasteiger partial charge is 0.254 e. The zero-order valence-electron chi connectivity index (χ0n) is 14.6. The molecule has 1 N–H and O–H groups in total. The number of benzene rings is 2. The lowest BCUT2D eigenvalue weighted by Gasteiger charge is -2.28. The highest BCUT2D eigenvalue weighted by molar-refractivity contribution is 5.97. The predicted octanol–water partition coefficient (Wildman–Crippen LogP) is 4.03. The Hall–Kier alpha value is -2.49. The van der Waals surface area contributed by atoms with Gasteiger partial charge in [0, 0.05) is 24.3 Å². The van der Waals surface area contributed by atoms with E-state index in [-0.39, 0.29) is 11.9 Å². The third kappa shape index (κ3) is 2.97. The number of carbonyl (C=O) groups excluding carboxylic acids is 1. The fraction of sp³-hybridized carbons (Fsp3) is 0.381. The number of likely N-dealkylation sites (tertiary alicyclic amines) is 1. The van der Waals surface area contributed by atoms with E-state index in [2.05, 4.69) is 23.5 Å². The summed E-state index contributed by atoms with van der Waals surface area (Å²) < 4.78 is 5.25. The number of amides is 1. The van der Waals surface area contributed by atoms with Crippen molar-refractivity contribution < 1.29 is 9.53 Å². The first kappa shape index (κ1) is 16.0. The van der Waals surface area contributed by atoms with Crippen molar-refractivity contribution >= 4 is 11.6 Å². The highest BCUT2D eigenvalue weighted by Gasteiger charge is 2.32. The van der Waals surface area contributed by atoms with Crippen LogP contribution in [0.25, 0.3) is 0 Å². The molecule has 1 atom stereocenters. The van der Waals surface area contributed by atoms with Crippen LogP contribution in [-0.4, -0.2) is 31.0 Å². The van der Waals surface area contributed by atoms with Crippen LogP contribution < -0.4 is 10.1 Å². The standard InChI is InChI=1S/C21H24N2O2/c1-25-16-11-9-15(10-12-16)20-8-4-14-23(20)21(24)18-5-2-7-19-17(18)6-3-13-22-19/h2,5,7,9-12,20,22H,3-4,6,8,13-14H2,1H3. The molecule has 4 heteroatoms. The molecule has 2 aromatic rings. The number of nitrogens with zero attached hydrogens (tertiary/aromatic N) is 1. The molecule has 4 rings (SSSR count). The van der Waals surface area contributed by atoms with Crippen LogP contribution in [0.2, 0.25) is 0 Å². The molecule has 0 aromatic heterocycles. The van der Waals surface area contributed by atoms with Crippen molar-refractivity contribution in [3.63, 3.8) is 0 Å². The van der Waals surface area contributed by atoms with E-state index in [4.69, 9.17) is 4.74 Å². The summed E-state index contributed by atoms with van der Waals surface area (Å²) in [5.74, 6) is 1.02. The van der Waals surface area contributed by atoms with E-state index >= 15 is 0 Å². The molecular weight excluding hydrogens is 312 g/mol. The lowest BCUT2D eigenvalue weighted by molar-refractivity contribution is 0.0734. The normalized spacial score (nSPS) is 19.2. The van der Waals surface area contributed by atoms with E-state index in [0.717, 1.165) is 55.8 Å².